The van der Waals surface area contributed by atoms with E-state index >= 15 is 0 Å². The summed E-state index contributed by atoms with van der Waals surface area (Å²) in [5.74, 6) is -12.0. The van der Waals surface area contributed by atoms with Gasteiger partial charge in [0.15, 0.2) is 11.9 Å². The molecule has 1 saturated heterocycles. The van der Waals surface area contributed by atoms with Crippen LogP contribution in [0.25, 0.3) is 0 Å². The highest BCUT2D eigenvalue weighted by Gasteiger charge is 2.41. The van der Waals surface area contributed by atoms with Gasteiger partial charge in [0.05, 0.1) is 25.4 Å². The van der Waals surface area contributed by atoms with E-state index in [0.29, 0.717) is 42.9 Å². The van der Waals surface area contributed by atoms with E-state index in [9.17, 15) is 67.7 Å². The van der Waals surface area contributed by atoms with Crippen molar-refractivity contribution < 1.29 is 67.7 Å². The van der Waals surface area contributed by atoms with Crippen molar-refractivity contribution in [3.63, 3.8) is 0 Å². The van der Waals surface area contributed by atoms with Gasteiger partial charge in [-0.15, -0.1) is 0 Å². The molecule has 494 valence electrons. The Balaban J connectivity index is 1.48. The first-order valence-electron chi connectivity index (χ1n) is 28.9. The number of rotatable bonds is 39. The molecule has 0 radical (unpaired) electrons. The standard InChI is InChI=1S/C53H83N23O14/c1-27(68-47(85)37(20-41(78)79)73-48(86)36(17-30-21-59-24-64-30)72-44(82)33(69-29(3)77)9-4-5-13-54)42(80)67-28(2)43(81)74-38(18-31-22-60-25-65-31)50(88)76-16-8-12-40(76)49(87)71-35(11-7-15-63-53(57)58)45(83)70-34(10-6-14-62-52(55)56)46(84)75-39(51(89)90)19-32-23-61-26-66-32/h21-28,33-40H,4-20,54H2,1-3H3,(H,59,64)(H,60,65)(H,61,66)(H,67,80)(H,68,85)(H,69,77)(H,70,83)(H,71,87)(H,72,82)(H,73,86)(H,74,81)(H,75,84)(H,78,79)(H,89,90)(H4,55,56,62)(H4,57,58,63)/t27-,28-,33-,34-,35-,36-,37-,38-,39-,40-/m0/s1. The Morgan fingerprint density at radius 3 is 1.43 bits per heavy atom. The number of likely N-dealkylation sites (tertiary alicyclic amines) is 1. The van der Waals surface area contributed by atoms with Gasteiger partial charge in [-0.2, -0.15) is 0 Å². The predicted octanol–water partition coefficient (Wildman–Crippen LogP) is -6.91. The molecule has 1 fully saturated rings. The van der Waals surface area contributed by atoms with Crippen LogP contribution in [0.5, 0.6) is 0 Å². The summed E-state index contributed by atoms with van der Waals surface area (Å²) >= 11 is 0. The van der Waals surface area contributed by atoms with Crippen LogP contribution >= 0.6 is 0 Å². The number of hydrogen-bond acceptors (Lipinski definition) is 18. The van der Waals surface area contributed by atoms with Crippen LogP contribution in [0.2, 0.25) is 0 Å². The van der Waals surface area contributed by atoms with Crippen molar-refractivity contribution in [2.75, 3.05) is 26.2 Å². The lowest BCUT2D eigenvalue weighted by Gasteiger charge is -2.30. The molecule has 4 rings (SSSR count). The molecule has 10 atom stereocenters. The number of aliphatic imine (C=N–C) groups is 2. The molecule has 37 heteroatoms. The van der Waals surface area contributed by atoms with Gasteiger partial charge >= 0.3 is 11.9 Å². The predicted molar refractivity (Wildman–Crippen MR) is 319 cm³/mol. The first-order chi connectivity index (χ1) is 42.8. The first kappa shape index (κ1) is 72.2. The number of amides is 10. The fourth-order valence-corrected chi connectivity index (χ4v) is 9.33. The van der Waals surface area contributed by atoms with Crippen molar-refractivity contribution >= 4 is 82.9 Å². The Morgan fingerprint density at radius 1 is 0.544 bits per heavy atom. The third-order valence-corrected chi connectivity index (χ3v) is 14.0. The zero-order valence-corrected chi connectivity index (χ0v) is 50.1. The molecule has 4 heterocycles. The van der Waals surface area contributed by atoms with Gasteiger partial charge in [-0.25, -0.2) is 19.7 Å². The summed E-state index contributed by atoms with van der Waals surface area (Å²) in [6.07, 6.45) is 8.12. The number of aliphatic carboxylic acids is 2. The van der Waals surface area contributed by atoms with Crippen LogP contribution in [-0.2, 0) is 76.8 Å². The van der Waals surface area contributed by atoms with Crippen molar-refractivity contribution in [2.45, 2.75) is 165 Å². The second-order valence-corrected chi connectivity index (χ2v) is 21.2. The Hall–Kier alpha value is -10.2. The normalized spacial score (nSPS) is 15.6. The molecule has 3 aromatic rings. The van der Waals surface area contributed by atoms with Gasteiger partial charge in [0.2, 0.25) is 59.1 Å². The maximum atomic E-state index is 14.6. The van der Waals surface area contributed by atoms with Gasteiger partial charge in [-0.3, -0.25) is 62.7 Å². The molecule has 0 saturated carbocycles. The zero-order valence-electron chi connectivity index (χ0n) is 50.1. The Bertz CT molecular complexity index is 2950. The summed E-state index contributed by atoms with van der Waals surface area (Å²) in [7, 11) is 0. The topological polar surface area (TPSA) is 598 Å². The number of aromatic nitrogens is 6. The largest absolute Gasteiger partial charge is 0.481 e. The summed E-state index contributed by atoms with van der Waals surface area (Å²) in [6.45, 7) is 4.06. The van der Waals surface area contributed by atoms with E-state index in [4.69, 9.17) is 28.7 Å². The highest BCUT2D eigenvalue weighted by Crippen LogP contribution is 2.21. The maximum Gasteiger partial charge on any atom is 0.326 e. The minimum atomic E-state index is -1.82. The number of H-pyrrole nitrogens is 3. The monoisotopic (exact) mass is 1270 g/mol. The minimum absolute atomic E-state index is 0.00994. The quantitative estimate of drug-likeness (QED) is 0.0143. The van der Waals surface area contributed by atoms with E-state index < -0.39 is 138 Å². The average molecular weight is 1270 g/mol. The average Bonchev–Trinajstić information content (AvgIpc) is 2.05. The molecule has 0 aliphatic carbocycles. The lowest BCUT2D eigenvalue weighted by atomic mass is 10.0. The number of nitrogens with zero attached hydrogens (tertiary/aromatic N) is 6. The molecule has 90 heavy (non-hydrogen) atoms. The SMILES string of the molecule is CC(=O)N[C@@H](CCCCN)C(=O)N[C@@H](Cc1cnc[nH]1)C(=O)N[C@@H](CC(=O)O)C(=O)N[C@@H](C)C(=O)N[C@@H](C)C(=O)N[C@@H](Cc1cnc[nH]1)C(=O)N1CCC[C@H]1C(=O)N[C@@H](CCCN=C(N)N)C(=O)N[C@@H](CCCN=C(N)N)C(=O)N[C@@H](Cc1cnc[nH]1)C(=O)O. The second kappa shape index (κ2) is 36.8. The van der Waals surface area contributed by atoms with Crippen molar-refractivity contribution in [3.05, 3.63) is 54.7 Å². The van der Waals surface area contributed by atoms with Gasteiger partial charge < -0.3 is 107 Å². The lowest BCUT2D eigenvalue weighted by molar-refractivity contribution is -0.143. The summed E-state index contributed by atoms with van der Waals surface area (Å²) in [6, 6.07) is -14.1. The fourth-order valence-electron chi connectivity index (χ4n) is 9.33. The fraction of sp³-hybridized carbons (Fsp3) is 0.566. The molecule has 0 spiro atoms. The van der Waals surface area contributed by atoms with Gasteiger partial charge in [-0.1, -0.05) is 0 Å². The molecular formula is C53H83N23O14. The molecule has 0 unspecified atom stereocenters. The number of guanidine groups is 2. The van der Waals surface area contributed by atoms with Crippen LogP contribution in [0, 0.1) is 0 Å². The number of carboxylic acids is 2. The van der Waals surface area contributed by atoms with Crippen LogP contribution in [0.1, 0.15) is 102 Å². The zero-order chi connectivity index (χ0) is 66.5. The summed E-state index contributed by atoms with van der Waals surface area (Å²) < 4.78 is 0. The first-order valence-corrected chi connectivity index (χ1v) is 28.9. The van der Waals surface area contributed by atoms with Gasteiger partial charge in [0.25, 0.3) is 0 Å². The Labute approximate surface area is 516 Å². The van der Waals surface area contributed by atoms with Crippen molar-refractivity contribution in [3.8, 4) is 0 Å². The number of nitrogens with two attached hydrogens (primary N) is 5. The minimum Gasteiger partial charge on any atom is -0.481 e. The molecule has 0 aromatic carbocycles. The van der Waals surface area contributed by atoms with Gasteiger partial charge in [0.1, 0.15) is 60.4 Å². The highest BCUT2D eigenvalue weighted by molar-refractivity contribution is 5.99. The number of carbonyl (C=O) groups is 12. The number of hydrogen-bond donors (Lipinski definition) is 19. The van der Waals surface area contributed by atoms with E-state index in [-0.39, 0.29) is 89.3 Å². The molecule has 10 amide bonds. The number of nitrogens with one attached hydrogen (secondary N) is 12. The second-order valence-electron chi connectivity index (χ2n) is 21.2. The number of aromatic amines is 3. The van der Waals surface area contributed by atoms with E-state index in [1.54, 1.807) is 0 Å². The molecule has 3 aromatic heterocycles. The van der Waals surface area contributed by atoms with E-state index in [1.165, 1.54) is 63.2 Å². The van der Waals surface area contributed by atoms with E-state index in [2.05, 4.69) is 87.7 Å². The van der Waals surface area contributed by atoms with Crippen LogP contribution < -0.4 is 76.5 Å². The van der Waals surface area contributed by atoms with Gasteiger partial charge in [-0.05, 0) is 78.2 Å². The molecule has 37 nitrogen and oxygen atoms in total. The van der Waals surface area contributed by atoms with E-state index in [1.807, 2.05) is 0 Å². The molecule has 0 bridgehead atoms. The number of carbonyl (C=O) groups excluding carboxylic acids is 10. The molecule has 1 aliphatic heterocycles. The third-order valence-electron chi connectivity index (χ3n) is 14.0. The van der Waals surface area contributed by atoms with Gasteiger partial charge in [0, 0.05) is 81.5 Å². The van der Waals surface area contributed by atoms with Crippen molar-refractivity contribution in [2.24, 2.45) is 38.7 Å². The van der Waals surface area contributed by atoms with Crippen LogP contribution in [0.3, 0.4) is 0 Å². The summed E-state index contributed by atoms with van der Waals surface area (Å²) in [5.41, 5.74) is 28.7. The molecular weight excluding hydrogens is 1180 g/mol. The molecule has 24 N–H and O–H groups in total. The number of carboxylic acid groups (broad SMARTS) is 2. The van der Waals surface area contributed by atoms with E-state index in [0.717, 1.165) is 0 Å². The smallest absolute Gasteiger partial charge is 0.326 e. The Kier molecular flexibility index (Phi) is 29.5. The highest BCUT2D eigenvalue weighted by atomic mass is 16.4. The van der Waals surface area contributed by atoms with Crippen LogP contribution in [0.15, 0.2) is 47.6 Å². The maximum absolute atomic E-state index is 14.6. The summed E-state index contributed by atoms with van der Waals surface area (Å²) in [5, 5.41) is 42.3. The Morgan fingerprint density at radius 2 is 0.956 bits per heavy atom. The lowest BCUT2D eigenvalue weighted by Crippen LogP contribution is -2.60. The number of imidazole rings is 3. The third kappa shape index (κ3) is 24.9. The van der Waals surface area contributed by atoms with Crippen molar-refractivity contribution in [1.29, 1.82) is 0 Å². The van der Waals surface area contributed by atoms with Crippen molar-refractivity contribution in [1.82, 2.24) is 82.7 Å². The van der Waals surface area contributed by atoms with Crippen LogP contribution in [0.4, 0.5) is 0 Å². The van der Waals surface area contributed by atoms with Crippen LogP contribution in [-0.4, -0.2) is 215 Å². The molecule has 1 aliphatic rings. The number of unbranched alkanes of at least 4 members (excludes halogenated alkanes) is 1. The summed E-state index contributed by atoms with van der Waals surface area (Å²) in [4.78, 5) is 191.